The Morgan fingerprint density at radius 2 is 1.72 bits per heavy atom. The van der Waals surface area contributed by atoms with Gasteiger partial charge in [-0.2, -0.15) is 4.31 Å². The number of amides is 1. The highest BCUT2D eigenvalue weighted by atomic mass is 35.5. The van der Waals surface area contributed by atoms with E-state index in [0.717, 1.165) is 0 Å². The van der Waals surface area contributed by atoms with Gasteiger partial charge in [0.05, 0.1) is 15.6 Å². The normalized spacial score (nSPS) is 11.5. The predicted molar refractivity (Wildman–Crippen MR) is 100 cm³/mol. The number of carbonyl (C=O) groups excluding carboxylic acids is 1. The van der Waals surface area contributed by atoms with E-state index in [1.807, 2.05) is 0 Å². The minimum atomic E-state index is -3.55. The summed E-state index contributed by atoms with van der Waals surface area (Å²) in [6.45, 7) is 4.32. The topological polar surface area (TPSA) is 92.5 Å². The summed E-state index contributed by atoms with van der Waals surface area (Å²) in [4.78, 5) is 12.5. The van der Waals surface area contributed by atoms with Gasteiger partial charge in [-0.1, -0.05) is 25.4 Å². The van der Waals surface area contributed by atoms with Gasteiger partial charge in [-0.3, -0.25) is 4.79 Å². The average Bonchev–Trinajstić information content (AvgIpc) is 2.59. The van der Waals surface area contributed by atoms with Crippen molar-refractivity contribution in [3.05, 3.63) is 53.1 Å². The molecule has 0 fully saturated rings. The summed E-state index contributed by atoms with van der Waals surface area (Å²) in [7, 11) is -3.55. The van der Waals surface area contributed by atoms with E-state index in [-0.39, 0.29) is 4.90 Å². The fraction of sp³-hybridized carbons (Fsp3) is 0.235. The van der Waals surface area contributed by atoms with E-state index in [4.69, 9.17) is 17.3 Å². The highest BCUT2D eigenvalue weighted by Gasteiger charge is 2.21. The van der Waals surface area contributed by atoms with Gasteiger partial charge in [0.1, 0.15) is 0 Å². The van der Waals surface area contributed by atoms with E-state index < -0.39 is 15.9 Å². The second-order valence-electron chi connectivity index (χ2n) is 5.31. The lowest BCUT2D eigenvalue weighted by atomic mass is 10.2. The molecular weight excluding hydrogens is 362 g/mol. The fourth-order valence-electron chi connectivity index (χ4n) is 2.32. The van der Waals surface area contributed by atoms with Crippen molar-refractivity contribution in [1.82, 2.24) is 4.31 Å². The lowest BCUT2D eigenvalue weighted by molar-refractivity contribution is 0.102. The van der Waals surface area contributed by atoms with Gasteiger partial charge in [-0.15, -0.1) is 0 Å². The molecule has 0 aliphatic carbocycles. The van der Waals surface area contributed by atoms with Gasteiger partial charge in [-0.25, -0.2) is 8.42 Å². The average molecular weight is 382 g/mol. The molecule has 8 heteroatoms. The van der Waals surface area contributed by atoms with Crippen molar-refractivity contribution in [3.63, 3.8) is 0 Å². The number of anilines is 2. The Labute approximate surface area is 152 Å². The van der Waals surface area contributed by atoms with E-state index >= 15 is 0 Å². The summed E-state index contributed by atoms with van der Waals surface area (Å²) in [5, 5.41) is 3.02. The number of hydrogen-bond acceptors (Lipinski definition) is 4. The summed E-state index contributed by atoms with van der Waals surface area (Å²) in [6, 6.07) is 10.5. The van der Waals surface area contributed by atoms with Crippen molar-refractivity contribution in [2.24, 2.45) is 0 Å². The first kappa shape index (κ1) is 19.2. The molecule has 0 aliphatic rings. The van der Waals surface area contributed by atoms with E-state index in [2.05, 4.69) is 5.32 Å². The molecule has 3 N–H and O–H groups in total. The van der Waals surface area contributed by atoms with Crippen LogP contribution in [0.3, 0.4) is 0 Å². The summed E-state index contributed by atoms with van der Waals surface area (Å²) in [6.07, 6.45) is 0. The molecule has 25 heavy (non-hydrogen) atoms. The number of nitrogens with two attached hydrogens (primary N) is 1. The zero-order valence-electron chi connectivity index (χ0n) is 14.0. The molecule has 2 aromatic carbocycles. The van der Waals surface area contributed by atoms with Crippen molar-refractivity contribution in [2.45, 2.75) is 18.7 Å². The number of nitrogens with one attached hydrogen (secondary N) is 1. The van der Waals surface area contributed by atoms with Crippen LogP contribution in [0.15, 0.2) is 47.4 Å². The van der Waals surface area contributed by atoms with E-state index in [0.29, 0.717) is 35.1 Å². The zero-order valence-corrected chi connectivity index (χ0v) is 15.6. The molecule has 0 spiro atoms. The molecule has 2 aromatic rings. The molecular formula is C17H20ClN3O3S. The number of halogens is 1. The van der Waals surface area contributed by atoms with Crippen molar-refractivity contribution in [1.29, 1.82) is 0 Å². The molecule has 134 valence electrons. The largest absolute Gasteiger partial charge is 0.399 e. The van der Waals surface area contributed by atoms with Gasteiger partial charge in [0.2, 0.25) is 10.0 Å². The quantitative estimate of drug-likeness (QED) is 0.751. The van der Waals surface area contributed by atoms with Crippen LogP contribution >= 0.6 is 11.6 Å². The molecule has 6 nitrogen and oxygen atoms in total. The predicted octanol–water partition coefficient (Wildman–Crippen LogP) is 3.21. The van der Waals surface area contributed by atoms with Crippen LogP contribution in [0.2, 0.25) is 5.02 Å². The molecule has 2 rings (SSSR count). The van der Waals surface area contributed by atoms with Crippen LogP contribution in [-0.2, 0) is 10.0 Å². The summed E-state index contributed by atoms with van der Waals surface area (Å²) in [5.74, 6) is -0.403. The van der Waals surface area contributed by atoms with Crippen molar-refractivity contribution in [2.75, 3.05) is 24.1 Å². The van der Waals surface area contributed by atoms with Crippen molar-refractivity contribution in [3.8, 4) is 0 Å². The number of sulfonamides is 1. The van der Waals surface area contributed by atoms with Gasteiger partial charge < -0.3 is 11.1 Å². The van der Waals surface area contributed by atoms with Gasteiger partial charge in [0.25, 0.3) is 5.91 Å². The Hall–Kier alpha value is -2.09. The standard InChI is InChI=1S/C17H20ClN3O3S/c1-3-21(4-2)25(23,24)14-8-5-12(6-9-14)17(22)20-16-11-13(19)7-10-15(16)18/h5-11H,3-4,19H2,1-2H3,(H,20,22). The maximum absolute atomic E-state index is 12.4. The third-order valence-corrected chi connectivity index (χ3v) is 6.09. The van der Waals surface area contributed by atoms with Gasteiger partial charge >= 0.3 is 0 Å². The number of hydrogen-bond donors (Lipinski definition) is 2. The van der Waals surface area contributed by atoms with Crippen molar-refractivity contribution >= 4 is 38.9 Å². The number of carbonyl (C=O) groups is 1. The second kappa shape index (κ2) is 7.86. The minimum Gasteiger partial charge on any atom is -0.399 e. The maximum atomic E-state index is 12.4. The molecule has 0 saturated carbocycles. The van der Waals surface area contributed by atoms with Gasteiger partial charge in [0, 0.05) is 24.3 Å². The summed E-state index contributed by atoms with van der Waals surface area (Å²) >= 11 is 6.02. The van der Waals surface area contributed by atoms with E-state index in [9.17, 15) is 13.2 Å². The van der Waals surface area contributed by atoms with Crippen LogP contribution in [0.1, 0.15) is 24.2 Å². The van der Waals surface area contributed by atoms with Crippen molar-refractivity contribution < 1.29 is 13.2 Å². The van der Waals surface area contributed by atoms with E-state index in [1.165, 1.54) is 28.6 Å². The molecule has 1 amide bonds. The summed E-state index contributed by atoms with van der Waals surface area (Å²) < 4.78 is 26.2. The van der Waals surface area contributed by atoms with Crippen LogP contribution in [0.25, 0.3) is 0 Å². The number of rotatable bonds is 6. The van der Waals surface area contributed by atoms with Gasteiger partial charge in [-0.05, 0) is 42.5 Å². The first-order chi connectivity index (χ1) is 11.8. The van der Waals surface area contributed by atoms with Crippen LogP contribution in [-0.4, -0.2) is 31.7 Å². The minimum absolute atomic E-state index is 0.148. The molecule has 0 bridgehead atoms. The first-order valence-electron chi connectivity index (χ1n) is 7.76. The molecule has 0 saturated heterocycles. The molecule has 0 atom stereocenters. The van der Waals surface area contributed by atoms with Gasteiger partial charge in [0.15, 0.2) is 0 Å². The molecule has 0 aliphatic heterocycles. The maximum Gasteiger partial charge on any atom is 0.255 e. The zero-order chi connectivity index (χ0) is 18.6. The third kappa shape index (κ3) is 4.31. The first-order valence-corrected chi connectivity index (χ1v) is 9.58. The smallest absolute Gasteiger partial charge is 0.255 e. The highest BCUT2D eigenvalue weighted by Crippen LogP contribution is 2.25. The molecule has 0 radical (unpaired) electrons. The number of nitrogen functional groups attached to an aromatic ring is 1. The Morgan fingerprint density at radius 1 is 1.12 bits per heavy atom. The van der Waals surface area contributed by atoms with E-state index in [1.54, 1.807) is 32.0 Å². The Morgan fingerprint density at radius 3 is 2.28 bits per heavy atom. The Balaban J connectivity index is 2.22. The Bertz CT molecular complexity index is 863. The molecule has 0 unspecified atom stereocenters. The third-order valence-electron chi connectivity index (χ3n) is 3.70. The van der Waals surface area contributed by atoms with Crippen LogP contribution in [0.4, 0.5) is 11.4 Å². The highest BCUT2D eigenvalue weighted by molar-refractivity contribution is 7.89. The van der Waals surface area contributed by atoms with Crippen LogP contribution < -0.4 is 11.1 Å². The SMILES string of the molecule is CCN(CC)S(=O)(=O)c1ccc(C(=O)Nc2cc(N)ccc2Cl)cc1. The summed E-state index contributed by atoms with van der Waals surface area (Å²) in [5.41, 5.74) is 6.87. The monoisotopic (exact) mass is 381 g/mol. The lowest BCUT2D eigenvalue weighted by Gasteiger charge is -2.18. The van der Waals surface area contributed by atoms with Crippen LogP contribution in [0, 0.1) is 0 Å². The molecule has 0 heterocycles. The lowest BCUT2D eigenvalue weighted by Crippen LogP contribution is -2.30. The number of benzene rings is 2. The van der Waals surface area contributed by atoms with Crippen LogP contribution in [0.5, 0.6) is 0 Å². The molecule has 0 aromatic heterocycles. The number of nitrogens with zero attached hydrogens (tertiary/aromatic N) is 1. The second-order valence-corrected chi connectivity index (χ2v) is 7.65. The Kier molecular flexibility index (Phi) is 6.05. The fourth-order valence-corrected chi connectivity index (χ4v) is 3.95.